The minimum Gasteiger partial charge on any atom is -0.497 e. The minimum absolute atomic E-state index is 0. The molecule has 1 atom stereocenters. The third-order valence-corrected chi connectivity index (χ3v) is 4.62. The molecule has 0 aromatic heterocycles. The molecule has 8 heteroatoms. The van der Waals surface area contributed by atoms with Crippen LogP contribution in [0.3, 0.4) is 0 Å². The quantitative estimate of drug-likeness (QED) is 0.452. The van der Waals surface area contributed by atoms with Crippen molar-refractivity contribution in [2.24, 2.45) is 0 Å². The third-order valence-electron chi connectivity index (χ3n) is 4.62. The molecule has 32 heavy (non-hydrogen) atoms. The lowest BCUT2D eigenvalue weighted by Gasteiger charge is -2.22. The Hall–Kier alpha value is -2.77. The Labute approximate surface area is 195 Å². The van der Waals surface area contributed by atoms with Gasteiger partial charge in [-0.3, -0.25) is 9.59 Å². The van der Waals surface area contributed by atoms with Gasteiger partial charge in [0.15, 0.2) is 0 Å². The number of ether oxygens (including phenoxy) is 3. The van der Waals surface area contributed by atoms with E-state index < -0.39 is 18.0 Å². The largest absolute Gasteiger partial charge is 0.497 e. The summed E-state index contributed by atoms with van der Waals surface area (Å²) in [5, 5.41) is 8.74. The van der Waals surface area contributed by atoms with Gasteiger partial charge in [-0.15, -0.1) is 12.4 Å². The molecule has 2 aromatic rings. The number of likely N-dealkylation sites (N-methyl/N-ethyl adjacent to an activating group) is 1. The van der Waals surface area contributed by atoms with Gasteiger partial charge >= 0.3 is 11.9 Å². The highest BCUT2D eigenvalue weighted by atomic mass is 35.5. The molecule has 0 amide bonds. The second-order valence-electron chi connectivity index (χ2n) is 7.54. The molecule has 1 N–H and O–H groups in total. The summed E-state index contributed by atoms with van der Waals surface area (Å²) in [6.45, 7) is 0.665. The van der Waals surface area contributed by atoms with E-state index in [0.717, 1.165) is 29.9 Å². The zero-order chi connectivity index (χ0) is 22.6. The topological polar surface area (TPSA) is 85.3 Å². The Morgan fingerprint density at radius 1 is 1.03 bits per heavy atom. The van der Waals surface area contributed by atoms with Crippen molar-refractivity contribution < 1.29 is 28.9 Å². The van der Waals surface area contributed by atoms with Crippen LogP contribution in [0.5, 0.6) is 11.5 Å². The fourth-order valence-electron chi connectivity index (χ4n) is 3.13. The number of rotatable bonds is 13. The van der Waals surface area contributed by atoms with Crippen molar-refractivity contribution in [1.29, 1.82) is 0 Å². The highest BCUT2D eigenvalue weighted by molar-refractivity contribution is 5.85. The summed E-state index contributed by atoms with van der Waals surface area (Å²) in [6, 6.07) is 15.8. The van der Waals surface area contributed by atoms with Crippen LogP contribution in [0.1, 0.15) is 24.0 Å². The first-order chi connectivity index (χ1) is 14.9. The molecule has 0 aliphatic heterocycles. The number of methoxy groups -OCH3 is 1. The molecule has 0 aliphatic carbocycles. The number of aliphatic carboxylic acids is 1. The van der Waals surface area contributed by atoms with E-state index in [2.05, 4.69) is 6.07 Å². The molecule has 0 saturated carbocycles. The van der Waals surface area contributed by atoms with Gasteiger partial charge in [0, 0.05) is 6.54 Å². The number of hydrogen-bond acceptors (Lipinski definition) is 6. The van der Waals surface area contributed by atoms with Crippen molar-refractivity contribution in [3.05, 3.63) is 59.7 Å². The molecule has 0 saturated heterocycles. The van der Waals surface area contributed by atoms with Crippen LogP contribution in [0.2, 0.25) is 0 Å². The molecule has 0 radical (unpaired) electrons. The van der Waals surface area contributed by atoms with Crippen LogP contribution in [-0.4, -0.2) is 62.4 Å². The van der Waals surface area contributed by atoms with Crippen LogP contribution in [0.4, 0.5) is 0 Å². The molecule has 0 heterocycles. The van der Waals surface area contributed by atoms with Crippen LogP contribution >= 0.6 is 12.4 Å². The van der Waals surface area contributed by atoms with Crippen LogP contribution < -0.4 is 9.47 Å². The van der Waals surface area contributed by atoms with Gasteiger partial charge < -0.3 is 24.2 Å². The van der Waals surface area contributed by atoms with Gasteiger partial charge in [-0.1, -0.05) is 30.3 Å². The molecular weight excluding hydrogens is 434 g/mol. The van der Waals surface area contributed by atoms with Crippen molar-refractivity contribution in [2.45, 2.75) is 31.8 Å². The number of carboxylic acids is 1. The first-order valence-electron chi connectivity index (χ1n) is 10.3. The molecule has 2 aromatic carbocycles. The van der Waals surface area contributed by atoms with Gasteiger partial charge in [-0.05, 0) is 56.3 Å². The third kappa shape index (κ3) is 10.0. The maximum atomic E-state index is 12.0. The number of nitrogens with zero attached hydrogens (tertiary/aromatic N) is 1. The van der Waals surface area contributed by atoms with Gasteiger partial charge in [0.25, 0.3) is 0 Å². The van der Waals surface area contributed by atoms with Crippen molar-refractivity contribution in [1.82, 2.24) is 4.90 Å². The number of benzene rings is 2. The van der Waals surface area contributed by atoms with E-state index in [1.807, 2.05) is 61.5 Å². The molecule has 0 bridgehead atoms. The molecule has 0 fully saturated rings. The predicted octanol–water partition coefficient (Wildman–Crippen LogP) is 3.62. The van der Waals surface area contributed by atoms with Gasteiger partial charge in [-0.25, -0.2) is 0 Å². The van der Waals surface area contributed by atoms with Crippen molar-refractivity contribution in [3.8, 4) is 11.5 Å². The normalized spacial score (nSPS) is 11.4. The maximum absolute atomic E-state index is 12.0. The Balaban J connectivity index is 0.00000512. The SMILES string of the molecule is COc1cccc(CCc2ccccc2OCC(CN(C)C)OC(=O)CCC(=O)O)c1.Cl. The smallest absolute Gasteiger partial charge is 0.306 e. The molecular formula is C24H32ClNO6. The van der Waals surface area contributed by atoms with E-state index in [9.17, 15) is 9.59 Å². The zero-order valence-corrected chi connectivity index (χ0v) is 19.6. The van der Waals surface area contributed by atoms with Gasteiger partial charge in [-0.2, -0.15) is 0 Å². The predicted molar refractivity (Wildman–Crippen MR) is 125 cm³/mol. The van der Waals surface area contributed by atoms with Crippen LogP contribution in [0, 0.1) is 0 Å². The highest BCUT2D eigenvalue weighted by Gasteiger charge is 2.18. The number of esters is 1. The molecule has 2 rings (SSSR count). The summed E-state index contributed by atoms with van der Waals surface area (Å²) in [5.41, 5.74) is 2.23. The molecule has 7 nitrogen and oxygen atoms in total. The lowest BCUT2D eigenvalue weighted by atomic mass is 10.0. The van der Waals surface area contributed by atoms with E-state index in [0.29, 0.717) is 6.54 Å². The number of halogens is 1. The van der Waals surface area contributed by atoms with E-state index in [4.69, 9.17) is 19.3 Å². The van der Waals surface area contributed by atoms with Crippen LogP contribution in [-0.2, 0) is 27.2 Å². The Morgan fingerprint density at radius 2 is 1.78 bits per heavy atom. The number of para-hydroxylation sites is 1. The minimum atomic E-state index is -1.03. The van der Waals surface area contributed by atoms with E-state index in [1.54, 1.807) is 7.11 Å². The van der Waals surface area contributed by atoms with Gasteiger partial charge in [0.05, 0.1) is 20.0 Å². The second kappa shape index (κ2) is 14.3. The number of carbonyl (C=O) groups is 2. The molecule has 176 valence electrons. The van der Waals surface area contributed by atoms with E-state index in [1.165, 1.54) is 5.56 Å². The van der Waals surface area contributed by atoms with E-state index >= 15 is 0 Å². The summed E-state index contributed by atoms with van der Waals surface area (Å²) >= 11 is 0. The van der Waals surface area contributed by atoms with Crippen molar-refractivity contribution in [2.75, 3.05) is 34.4 Å². The number of carboxylic acid groups (broad SMARTS) is 1. The number of hydrogen-bond donors (Lipinski definition) is 1. The average molecular weight is 466 g/mol. The number of aryl methyl sites for hydroxylation is 2. The Kier molecular flexibility index (Phi) is 12.2. The summed E-state index contributed by atoms with van der Waals surface area (Å²) in [4.78, 5) is 24.5. The Morgan fingerprint density at radius 3 is 2.47 bits per heavy atom. The number of carbonyl (C=O) groups excluding carboxylic acids is 1. The van der Waals surface area contributed by atoms with Crippen LogP contribution in [0.15, 0.2) is 48.5 Å². The van der Waals surface area contributed by atoms with Crippen LogP contribution in [0.25, 0.3) is 0 Å². The second-order valence-corrected chi connectivity index (χ2v) is 7.54. The lowest BCUT2D eigenvalue weighted by Crippen LogP contribution is -2.35. The summed E-state index contributed by atoms with van der Waals surface area (Å²) in [7, 11) is 5.40. The van der Waals surface area contributed by atoms with E-state index in [-0.39, 0.29) is 31.9 Å². The first kappa shape index (κ1) is 27.3. The summed E-state index contributed by atoms with van der Waals surface area (Å²) < 4.78 is 16.7. The zero-order valence-electron chi connectivity index (χ0n) is 18.8. The first-order valence-corrected chi connectivity index (χ1v) is 10.3. The lowest BCUT2D eigenvalue weighted by molar-refractivity contribution is -0.153. The van der Waals surface area contributed by atoms with Crippen molar-refractivity contribution in [3.63, 3.8) is 0 Å². The van der Waals surface area contributed by atoms with Crippen molar-refractivity contribution >= 4 is 24.3 Å². The average Bonchev–Trinajstić information content (AvgIpc) is 2.75. The molecule has 1 unspecified atom stereocenters. The maximum Gasteiger partial charge on any atom is 0.306 e. The summed E-state index contributed by atoms with van der Waals surface area (Å²) in [5.74, 6) is 0.0143. The fraction of sp³-hybridized carbons (Fsp3) is 0.417. The van der Waals surface area contributed by atoms with Gasteiger partial charge in [0.1, 0.15) is 24.2 Å². The Bertz CT molecular complexity index is 858. The molecule has 0 aliphatic rings. The summed E-state index contributed by atoms with van der Waals surface area (Å²) in [6.07, 6.45) is 0.726. The molecule has 0 spiro atoms. The standard InChI is InChI=1S/C24H31NO6.ClH/c1-25(2)16-21(31-24(28)14-13-23(26)27)17-30-22-10-5-4-8-19(22)12-11-18-7-6-9-20(15-18)29-3;/h4-10,15,21H,11-14,16-17H2,1-3H3,(H,26,27);1H. The monoisotopic (exact) mass is 465 g/mol. The highest BCUT2D eigenvalue weighted by Crippen LogP contribution is 2.22. The fourth-order valence-corrected chi connectivity index (χ4v) is 3.13. The van der Waals surface area contributed by atoms with Gasteiger partial charge in [0.2, 0.25) is 0 Å².